The van der Waals surface area contributed by atoms with E-state index in [0.717, 1.165) is 5.75 Å². The van der Waals surface area contributed by atoms with Gasteiger partial charge in [-0.2, -0.15) is 0 Å². The summed E-state index contributed by atoms with van der Waals surface area (Å²) in [4.78, 5) is 13.3. The molecule has 0 saturated heterocycles. The zero-order valence-electron chi connectivity index (χ0n) is 11.9. The molecule has 1 amide bonds. The summed E-state index contributed by atoms with van der Waals surface area (Å²) in [6.45, 7) is 0. The van der Waals surface area contributed by atoms with Gasteiger partial charge in [-0.1, -0.05) is 6.07 Å². The zero-order chi connectivity index (χ0) is 15.1. The number of ether oxygens (including phenoxy) is 2. The molecule has 21 heavy (non-hydrogen) atoms. The van der Waals surface area contributed by atoms with Crippen LogP contribution in [0.4, 0.5) is 5.69 Å². The third kappa shape index (κ3) is 4.68. The van der Waals surface area contributed by atoms with E-state index in [0.29, 0.717) is 22.9 Å². The van der Waals surface area contributed by atoms with Gasteiger partial charge in [0.1, 0.15) is 11.5 Å². The molecule has 0 saturated carbocycles. The summed E-state index contributed by atoms with van der Waals surface area (Å²) in [5.74, 6) is 2.49. The van der Waals surface area contributed by atoms with E-state index in [9.17, 15) is 4.79 Å². The molecule has 2 rings (SSSR count). The number of nitrogens with one attached hydrogen (secondary N) is 1. The van der Waals surface area contributed by atoms with Gasteiger partial charge in [0, 0.05) is 16.7 Å². The van der Waals surface area contributed by atoms with Crippen LogP contribution in [-0.4, -0.2) is 25.9 Å². The van der Waals surface area contributed by atoms with E-state index < -0.39 is 0 Å². The number of methoxy groups -OCH3 is 2. The minimum absolute atomic E-state index is 0.0527. The van der Waals surface area contributed by atoms with Gasteiger partial charge >= 0.3 is 0 Å². The summed E-state index contributed by atoms with van der Waals surface area (Å²) >= 11 is 3.29. The molecule has 1 heterocycles. The van der Waals surface area contributed by atoms with Crippen molar-refractivity contribution >= 4 is 34.7 Å². The molecule has 112 valence electrons. The van der Waals surface area contributed by atoms with Crippen LogP contribution in [0.1, 0.15) is 4.88 Å². The quantitative estimate of drug-likeness (QED) is 0.845. The smallest absolute Gasteiger partial charge is 0.234 e. The normalized spacial score (nSPS) is 10.2. The van der Waals surface area contributed by atoms with Gasteiger partial charge in [0.25, 0.3) is 0 Å². The largest absolute Gasteiger partial charge is 0.497 e. The molecular formula is C15H17NO3S2. The van der Waals surface area contributed by atoms with Crippen molar-refractivity contribution in [3.8, 4) is 11.5 Å². The molecule has 0 radical (unpaired) electrons. The highest BCUT2D eigenvalue weighted by molar-refractivity contribution is 7.99. The summed E-state index contributed by atoms with van der Waals surface area (Å²) in [5.41, 5.74) is 0.624. The van der Waals surface area contributed by atoms with Gasteiger partial charge in [0.2, 0.25) is 5.91 Å². The Hall–Kier alpha value is -1.66. The lowest BCUT2D eigenvalue weighted by atomic mass is 10.2. The molecule has 0 aliphatic heterocycles. The lowest BCUT2D eigenvalue weighted by Gasteiger charge is -2.11. The Balaban J connectivity index is 1.89. The highest BCUT2D eigenvalue weighted by Gasteiger charge is 2.09. The highest BCUT2D eigenvalue weighted by Crippen LogP contribution is 2.29. The van der Waals surface area contributed by atoms with Crippen molar-refractivity contribution in [1.29, 1.82) is 0 Å². The lowest BCUT2D eigenvalue weighted by molar-refractivity contribution is -0.113. The van der Waals surface area contributed by atoms with E-state index in [1.54, 1.807) is 55.5 Å². The number of rotatable bonds is 7. The van der Waals surface area contributed by atoms with Gasteiger partial charge in [-0.05, 0) is 23.6 Å². The highest BCUT2D eigenvalue weighted by atomic mass is 32.2. The number of hydrogen-bond donors (Lipinski definition) is 1. The van der Waals surface area contributed by atoms with E-state index in [-0.39, 0.29) is 5.91 Å². The number of anilines is 1. The van der Waals surface area contributed by atoms with Gasteiger partial charge in [-0.25, -0.2) is 0 Å². The third-order valence-corrected chi connectivity index (χ3v) is 4.78. The third-order valence-electron chi connectivity index (χ3n) is 2.74. The second-order valence-electron chi connectivity index (χ2n) is 4.19. The van der Waals surface area contributed by atoms with Gasteiger partial charge in [0.15, 0.2) is 0 Å². The minimum atomic E-state index is -0.0527. The number of hydrogen-bond acceptors (Lipinski definition) is 5. The van der Waals surface area contributed by atoms with Gasteiger partial charge in [-0.3, -0.25) is 4.79 Å². The molecule has 0 fully saturated rings. The maximum atomic E-state index is 12.0. The van der Waals surface area contributed by atoms with Crippen LogP contribution in [0.5, 0.6) is 11.5 Å². The monoisotopic (exact) mass is 323 g/mol. The fourth-order valence-electron chi connectivity index (χ4n) is 1.74. The van der Waals surface area contributed by atoms with Crippen molar-refractivity contribution in [3.63, 3.8) is 0 Å². The summed E-state index contributed by atoms with van der Waals surface area (Å²) in [6, 6.07) is 9.40. The molecule has 1 aromatic carbocycles. The number of carbonyl (C=O) groups is 1. The van der Waals surface area contributed by atoms with Crippen molar-refractivity contribution < 1.29 is 14.3 Å². The first-order valence-electron chi connectivity index (χ1n) is 6.35. The summed E-state index contributed by atoms with van der Waals surface area (Å²) in [5, 5.41) is 4.89. The maximum absolute atomic E-state index is 12.0. The first-order valence-corrected chi connectivity index (χ1v) is 8.38. The minimum Gasteiger partial charge on any atom is -0.497 e. The molecule has 0 aliphatic carbocycles. The molecule has 2 aromatic rings. The Morgan fingerprint density at radius 2 is 2.14 bits per heavy atom. The van der Waals surface area contributed by atoms with Crippen LogP contribution < -0.4 is 14.8 Å². The van der Waals surface area contributed by atoms with Crippen LogP contribution in [0.2, 0.25) is 0 Å². The Kier molecular flexibility index (Phi) is 5.95. The van der Waals surface area contributed by atoms with E-state index >= 15 is 0 Å². The summed E-state index contributed by atoms with van der Waals surface area (Å²) in [6.07, 6.45) is 0. The van der Waals surface area contributed by atoms with Gasteiger partial charge in [0.05, 0.1) is 25.7 Å². The Morgan fingerprint density at radius 3 is 2.81 bits per heavy atom. The predicted octanol–water partition coefficient (Wildman–Crippen LogP) is 3.64. The second-order valence-corrected chi connectivity index (χ2v) is 6.20. The fraction of sp³-hybridized carbons (Fsp3) is 0.267. The molecule has 0 unspecified atom stereocenters. The summed E-state index contributed by atoms with van der Waals surface area (Å²) in [7, 11) is 3.16. The number of benzene rings is 1. The standard InChI is InChI=1S/C15H17NO3S2/c1-18-11-5-6-14(19-2)13(8-11)16-15(17)10-20-9-12-4-3-7-21-12/h3-8H,9-10H2,1-2H3,(H,16,17). The second kappa shape index (κ2) is 7.95. The van der Waals surface area contributed by atoms with Crippen molar-refractivity contribution in [2.24, 2.45) is 0 Å². The Labute approximate surface area is 132 Å². The number of thiophene rings is 1. The van der Waals surface area contributed by atoms with E-state index in [1.807, 2.05) is 11.4 Å². The fourth-order valence-corrected chi connectivity index (χ4v) is 3.41. The number of amides is 1. The Morgan fingerprint density at radius 1 is 1.29 bits per heavy atom. The number of thioether (sulfide) groups is 1. The van der Waals surface area contributed by atoms with Gasteiger partial charge < -0.3 is 14.8 Å². The van der Waals surface area contributed by atoms with Crippen LogP contribution >= 0.6 is 23.1 Å². The van der Waals surface area contributed by atoms with Crippen LogP contribution in [0.25, 0.3) is 0 Å². The molecule has 1 aromatic heterocycles. The van der Waals surface area contributed by atoms with Crippen molar-refractivity contribution in [3.05, 3.63) is 40.6 Å². The molecule has 1 N–H and O–H groups in total. The first-order chi connectivity index (χ1) is 10.2. The first kappa shape index (κ1) is 15.7. The molecule has 4 nitrogen and oxygen atoms in total. The van der Waals surface area contributed by atoms with Crippen LogP contribution in [-0.2, 0) is 10.5 Å². The maximum Gasteiger partial charge on any atom is 0.234 e. The van der Waals surface area contributed by atoms with Crippen molar-refractivity contribution in [1.82, 2.24) is 0 Å². The van der Waals surface area contributed by atoms with E-state index in [1.165, 1.54) is 4.88 Å². The molecule has 0 spiro atoms. The lowest BCUT2D eigenvalue weighted by Crippen LogP contribution is -2.14. The van der Waals surface area contributed by atoms with Crippen LogP contribution in [0.15, 0.2) is 35.7 Å². The molecule has 0 bridgehead atoms. The van der Waals surface area contributed by atoms with Crippen LogP contribution in [0.3, 0.4) is 0 Å². The average molecular weight is 323 g/mol. The van der Waals surface area contributed by atoms with Crippen molar-refractivity contribution in [2.75, 3.05) is 25.3 Å². The van der Waals surface area contributed by atoms with Gasteiger partial charge in [-0.15, -0.1) is 23.1 Å². The predicted molar refractivity (Wildman–Crippen MR) is 88.7 cm³/mol. The topological polar surface area (TPSA) is 47.6 Å². The zero-order valence-corrected chi connectivity index (χ0v) is 13.6. The van der Waals surface area contributed by atoms with Crippen LogP contribution in [0, 0.1) is 0 Å². The van der Waals surface area contributed by atoms with E-state index in [4.69, 9.17) is 9.47 Å². The van der Waals surface area contributed by atoms with Crippen molar-refractivity contribution in [2.45, 2.75) is 5.75 Å². The van der Waals surface area contributed by atoms with E-state index in [2.05, 4.69) is 11.4 Å². The SMILES string of the molecule is COc1ccc(OC)c(NC(=O)CSCc2cccs2)c1. The molecule has 0 aliphatic rings. The Bertz CT molecular complexity index is 585. The average Bonchev–Trinajstić information content (AvgIpc) is 3.00. The number of carbonyl (C=O) groups excluding carboxylic acids is 1. The molecule has 0 atom stereocenters. The summed E-state index contributed by atoms with van der Waals surface area (Å²) < 4.78 is 10.4. The molecular weight excluding hydrogens is 306 g/mol. The molecule has 6 heteroatoms.